The highest BCUT2D eigenvalue weighted by atomic mass is 16.5. The number of rotatable bonds is 6. The zero-order valence-corrected chi connectivity index (χ0v) is 17.3. The molecule has 1 fully saturated rings. The van der Waals surface area contributed by atoms with Crippen molar-refractivity contribution in [2.45, 2.75) is 25.8 Å². The van der Waals surface area contributed by atoms with Crippen LogP contribution in [-0.2, 0) is 4.79 Å². The number of hydrogen-bond acceptors (Lipinski definition) is 4. The van der Waals surface area contributed by atoms with E-state index < -0.39 is 0 Å². The highest BCUT2D eigenvalue weighted by Crippen LogP contribution is 2.39. The molecule has 0 radical (unpaired) electrons. The van der Waals surface area contributed by atoms with Crippen molar-refractivity contribution in [2.75, 3.05) is 27.3 Å². The third-order valence-electron chi connectivity index (χ3n) is 5.24. The molecule has 2 atom stereocenters. The summed E-state index contributed by atoms with van der Waals surface area (Å²) >= 11 is 0. The maximum absolute atomic E-state index is 13.0. The van der Waals surface area contributed by atoms with E-state index in [1.807, 2.05) is 50.2 Å². The van der Waals surface area contributed by atoms with Crippen LogP contribution < -0.4 is 14.8 Å². The van der Waals surface area contributed by atoms with Gasteiger partial charge in [0.1, 0.15) is 11.5 Å². The highest BCUT2D eigenvalue weighted by molar-refractivity contribution is 5.95. The number of carbonyl (C=O) groups excluding carboxylic acids is 2. The van der Waals surface area contributed by atoms with Crippen LogP contribution in [0.5, 0.6) is 11.5 Å². The van der Waals surface area contributed by atoms with Crippen LogP contribution in [0.2, 0.25) is 0 Å². The molecule has 2 aromatic carbocycles. The lowest BCUT2D eigenvalue weighted by Gasteiger charge is -2.21. The lowest BCUT2D eigenvalue weighted by atomic mass is 9.87. The van der Waals surface area contributed by atoms with E-state index in [4.69, 9.17) is 9.47 Å². The number of nitrogens with one attached hydrogen (secondary N) is 1. The van der Waals surface area contributed by atoms with Crippen LogP contribution in [-0.4, -0.2) is 50.1 Å². The van der Waals surface area contributed by atoms with Gasteiger partial charge in [-0.05, 0) is 32.0 Å². The van der Waals surface area contributed by atoms with Gasteiger partial charge in [-0.15, -0.1) is 0 Å². The van der Waals surface area contributed by atoms with E-state index in [1.54, 1.807) is 31.3 Å². The van der Waals surface area contributed by atoms with Crippen LogP contribution in [0, 0.1) is 5.92 Å². The Hall–Kier alpha value is -3.02. The Morgan fingerprint density at radius 3 is 2.38 bits per heavy atom. The summed E-state index contributed by atoms with van der Waals surface area (Å²) < 4.78 is 10.9. The molecular weight excluding hydrogens is 368 g/mol. The van der Waals surface area contributed by atoms with E-state index in [2.05, 4.69) is 5.32 Å². The van der Waals surface area contributed by atoms with Gasteiger partial charge in [-0.1, -0.05) is 24.3 Å². The molecule has 6 heteroatoms. The number of ether oxygens (including phenoxy) is 2. The third-order valence-corrected chi connectivity index (χ3v) is 5.24. The molecule has 0 spiro atoms. The van der Waals surface area contributed by atoms with Gasteiger partial charge < -0.3 is 19.7 Å². The van der Waals surface area contributed by atoms with Crippen LogP contribution in [0.25, 0.3) is 0 Å². The van der Waals surface area contributed by atoms with Gasteiger partial charge in [0, 0.05) is 42.2 Å². The van der Waals surface area contributed by atoms with Crippen LogP contribution >= 0.6 is 0 Å². The second-order valence-corrected chi connectivity index (χ2v) is 7.56. The summed E-state index contributed by atoms with van der Waals surface area (Å²) in [4.78, 5) is 27.7. The molecule has 154 valence electrons. The van der Waals surface area contributed by atoms with Gasteiger partial charge in [-0.25, -0.2) is 0 Å². The number of carbonyl (C=O) groups is 2. The summed E-state index contributed by atoms with van der Waals surface area (Å²) in [6, 6.07) is 14.8. The predicted octanol–water partition coefficient (Wildman–Crippen LogP) is 3.08. The number of hydrogen-bond donors (Lipinski definition) is 1. The Labute approximate surface area is 171 Å². The molecule has 1 aliphatic rings. The Bertz CT molecular complexity index is 866. The minimum absolute atomic E-state index is 0.0276. The molecular formula is C23H28N2O4. The fourth-order valence-corrected chi connectivity index (χ4v) is 3.83. The van der Waals surface area contributed by atoms with Gasteiger partial charge in [0.2, 0.25) is 5.91 Å². The van der Waals surface area contributed by atoms with Crippen molar-refractivity contribution in [1.29, 1.82) is 0 Å². The number of amides is 2. The quantitative estimate of drug-likeness (QED) is 0.815. The SMILES string of the molecule is COc1ccc([C@H]2CN(C(=O)c3ccccc3)C[C@H]2C(=O)NC(C)C)c(OC)c1. The van der Waals surface area contributed by atoms with Crippen LogP contribution in [0.1, 0.15) is 35.7 Å². The fraction of sp³-hybridized carbons (Fsp3) is 0.391. The summed E-state index contributed by atoms with van der Waals surface area (Å²) in [6.45, 7) is 4.68. The molecule has 1 heterocycles. The molecule has 1 saturated heterocycles. The van der Waals surface area contributed by atoms with Crippen molar-refractivity contribution in [3.05, 3.63) is 59.7 Å². The number of likely N-dealkylation sites (tertiary alicyclic amines) is 1. The second kappa shape index (κ2) is 8.99. The molecule has 29 heavy (non-hydrogen) atoms. The van der Waals surface area contributed by atoms with Gasteiger partial charge in [0.25, 0.3) is 5.91 Å². The first-order valence-electron chi connectivity index (χ1n) is 9.81. The molecule has 3 rings (SSSR count). The van der Waals surface area contributed by atoms with Gasteiger partial charge in [-0.3, -0.25) is 9.59 Å². The molecule has 0 aliphatic carbocycles. The third kappa shape index (κ3) is 4.53. The van der Waals surface area contributed by atoms with Crippen LogP contribution in [0.4, 0.5) is 0 Å². The normalized spacial score (nSPS) is 18.6. The summed E-state index contributed by atoms with van der Waals surface area (Å²) in [7, 11) is 3.20. The first-order valence-corrected chi connectivity index (χ1v) is 9.81. The summed E-state index contributed by atoms with van der Waals surface area (Å²) in [5.41, 5.74) is 1.53. The van der Waals surface area contributed by atoms with Crippen LogP contribution in [0.15, 0.2) is 48.5 Å². The summed E-state index contributed by atoms with van der Waals surface area (Å²) in [6.07, 6.45) is 0. The first-order chi connectivity index (χ1) is 13.9. The van der Waals surface area contributed by atoms with E-state index in [0.29, 0.717) is 30.2 Å². The zero-order chi connectivity index (χ0) is 21.0. The Kier molecular flexibility index (Phi) is 6.42. The van der Waals surface area contributed by atoms with Gasteiger partial charge in [-0.2, -0.15) is 0 Å². The van der Waals surface area contributed by atoms with Crippen LogP contribution in [0.3, 0.4) is 0 Å². The Morgan fingerprint density at radius 2 is 1.76 bits per heavy atom. The number of benzene rings is 2. The standard InChI is InChI=1S/C23H28N2O4/c1-15(2)24-22(26)20-14-25(23(27)16-8-6-5-7-9-16)13-19(20)18-11-10-17(28-3)12-21(18)29-4/h5-12,15,19-20H,13-14H2,1-4H3,(H,24,26)/t19-,20-/m1/s1. The average molecular weight is 396 g/mol. The molecule has 1 aliphatic heterocycles. The first kappa shape index (κ1) is 20.7. The minimum Gasteiger partial charge on any atom is -0.497 e. The molecule has 0 saturated carbocycles. The fourth-order valence-electron chi connectivity index (χ4n) is 3.83. The van der Waals surface area contributed by atoms with E-state index in [-0.39, 0.29) is 29.7 Å². The van der Waals surface area contributed by atoms with Gasteiger partial charge >= 0.3 is 0 Å². The van der Waals surface area contributed by atoms with Crippen molar-refractivity contribution < 1.29 is 19.1 Å². The number of methoxy groups -OCH3 is 2. The molecule has 1 N–H and O–H groups in total. The zero-order valence-electron chi connectivity index (χ0n) is 17.3. The Morgan fingerprint density at radius 1 is 1.03 bits per heavy atom. The topological polar surface area (TPSA) is 67.9 Å². The maximum atomic E-state index is 13.0. The predicted molar refractivity (Wildman–Crippen MR) is 111 cm³/mol. The minimum atomic E-state index is -0.354. The van der Waals surface area contributed by atoms with Gasteiger partial charge in [0.15, 0.2) is 0 Å². The van der Waals surface area contributed by atoms with Crippen molar-refractivity contribution >= 4 is 11.8 Å². The van der Waals surface area contributed by atoms with E-state index in [9.17, 15) is 9.59 Å². The largest absolute Gasteiger partial charge is 0.497 e. The lowest BCUT2D eigenvalue weighted by molar-refractivity contribution is -0.125. The average Bonchev–Trinajstić information content (AvgIpc) is 3.18. The second-order valence-electron chi connectivity index (χ2n) is 7.56. The molecule has 0 aromatic heterocycles. The van der Waals surface area contributed by atoms with E-state index >= 15 is 0 Å². The molecule has 0 bridgehead atoms. The monoisotopic (exact) mass is 396 g/mol. The van der Waals surface area contributed by atoms with Crippen molar-refractivity contribution in [1.82, 2.24) is 10.2 Å². The van der Waals surface area contributed by atoms with Crippen molar-refractivity contribution in [3.63, 3.8) is 0 Å². The molecule has 2 amide bonds. The molecule has 6 nitrogen and oxygen atoms in total. The van der Waals surface area contributed by atoms with Crippen molar-refractivity contribution in [3.8, 4) is 11.5 Å². The van der Waals surface area contributed by atoms with E-state index in [1.165, 1.54) is 0 Å². The maximum Gasteiger partial charge on any atom is 0.253 e. The van der Waals surface area contributed by atoms with Gasteiger partial charge in [0.05, 0.1) is 20.1 Å². The molecule has 2 aromatic rings. The summed E-state index contributed by atoms with van der Waals surface area (Å²) in [5.74, 6) is 0.707. The Balaban J connectivity index is 1.94. The van der Waals surface area contributed by atoms with E-state index in [0.717, 1.165) is 5.56 Å². The van der Waals surface area contributed by atoms with Crippen molar-refractivity contribution in [2.24, 2.45) is 5.92 Å². The molecule has 0 unspecified atom stereocenters. The number of nitrogens with zero attached hydrogens (tertiary/aromatic N) is 1. The smallest absolute Gasteiger partial charge is 0.253 e. The summed E-state index contributed by atoms with van der Waals surface area (Å²) in [5, 5.41) is 3.00. The lowest BCUT2D eigenvalue weighted by Crippen LogP contribution is -2.39. The highest BCUT2D eigenvalue weighted by Gasteiger charge is 2.41.